The van der Waals surface area contributed by atoms with Crippen LogP contribution in [0, 0.1) is 6.92 Å². The van der Waals surface area contributed by atoms with Crippen molar-refractivity contribution in [3.8, 4) is 28.1 Å². The molecule has 110 valence electrons. The summed E-state index contributed by atoms with van der Waals surface area (Å²) >= 11 is 0. The SMILES string of the molecule is COc1ccc(-c2cc(-c3ccccc3)nc(C)c2N)cc1. The van der Waals surface area contributed by atoms with Gasteiger partial charge in [-0.1, -0.05) is 42.5 Å². The van der Waals surface area contributed by atoms with Crippen LogP contribution < -0.4 is 10.5 Å². The molecule has 3 aromatic rings. The largest absolute Gasteiger partial charge is 0.497 e. The number of anilines is 1. The number of pyridine rings is 1. The van der Waals surface area contributed by atoms with Crippen molar-refractivity contribution in [2.24, 2.45) is 0 Å². The lowest BCUT2D eigenvalue weighted by Gasteiger charge is -2.12. The Morgan fingerprint density at radius 3 is 2.23 bits per heavy atom. The summed E-state index contributed by atoms with van der Waals surface area (Å²) in [6.07, 6.45) is 0. The highest BCUT2D eigenvalue weighted by Crippen LogP contribution is 2.32. The fourth-order valence-electron chi connectivity index (χ4n) is 2.45. The molecule has 0 bridgehead atoms. The Morgan fingerprint density at radius 1 is 0.909 bits per heavy atom. The van der Waals surface area contributed by atoms with Gasteiger partial charge in [-0.2, -0.15) is 0 Å². The Balaban J connectivity index is 2.12. The average molecular weight is 290 g/mol. The van der Waals surface area contributed by atoms with Crippen molar-refractivity contribution in [3.05, 3.63) is 66.4 Å². The number of aromatic nitrogens is 1. The summed E-state index contributed by atoms with van der Waals surface area (Å²) in [4.78, 5) is 4.61. The van der Waals surface area contributed by atoms with Gasteiger partial charge < -0.3 is 10.5 Å². The number of hydrogen-bond acceptors (Lipinski definition) is 3. The van der Waals surface area contributed by atoms with E-state index in [4.69, 9.17) is 10.5 Å². The lowest BCUT2D eigenvalue weighted by Crippen LogP contribution is -1.98. The minimum Gasteiger partial charge on any atom is -0.497 e. The van der Waals surface area contributed by atoms with Crippen LogP contribution in [0.1, 0.15) is 5.69 Å². The van der Waals surface area contributed by atoms with Crippen molar-refractivity contribution in [2.75, 3.05) is 12.8 Å². The normalized spacial score (nSPS) is 10.5. The molecule has 0 saturated carbocycles. The van der Waals surface area contributed by atoms with Crippen molar-refractivity contribution in [1.29, 1.82) is 0 Å². The number of nitrogens with zero attached hydrogens (tertiary/aromatic N) is 1. The molecule has 2 aromatic carbocycles. The molecule has 0 saturated heterocycles. The molecule has 3 heteroatoms. The Hall–Kier alpha value is -2.81. The molecule has 0 aliphatic rings. The van der Waals surface area contributed by atoms with Gasteiger partial charge in [-0.05, 0) is 30.7 Å². The first-order chi connectivity index (χ1) is 10.7. The summed E-state index contributed by atoms with van der Waals surface area (Å²) in [5.74, 6) is 0.830. The van der Waals surface area contributed by atoms with Crippen molar-refractivity contribution in [3.63, 3.8) is 0 Å². The Bertz CT molecular complexity index is 781. The van der Waals surface area contributed by atoms with Crippen LogP contribution in [-0.4, -0.2) is 12.1 Å². The third-order valence-electron chi connectivity index (χ3n) is 3.72. The molecule has 3 rings (SSSR count). The van der Waals surface area contributed by atoms with Crippen LogP contribution >= 0.6 is 0 Å². The van der Waals surface area contributed by atoms with E-state index < -0.39 is 0 Å². The zero-order valence-corrected chi connectivity index (χ0v) is 12.7. The minimum absolute atomic E-state index is 0.713. The molecular weight excluding hydrogens is 272 g/mol. The number of nitrogens with two attached hydrogens (primary N) is 1. The highest BCUT2D eigenvalue weighted by molar-refractivity contribution is 5.81. The predicted molar refractivity (Wildman–Crippen MR) is 90.8 cm³/mol. The van der Waals surface area contributed by atoms with Crippen molar-refractivity contribution in [2.45, 2.75) is 6.92 Å². The number of ether oxygens (including phenoxy) is 1. The summed E-state index contributed by atoms with van der Waals surface area (Å²) in [5.41, 5.74) is 11.9. The molecule has 22 heavy (non-hydrogen) atoms. The van der Waals surface area contributed by atoms with E-state index in [1.54, 1.807) is 7.11 Å². The second-order valence-corrected chi connectivity index (χ2v) is 5.15. The highest BCUT2D eigenvalue weighted by Gasteiger charge is 2.10. The van der Waals surface area contributed by atoms with E-state index >= 15 is 0 Å². The standard InChI is InChI=1S/C19H18N2O/c1-13-19(20)17(14-8-10-16(22-2)11-9-14)12-18(21-13)15-6-4-3-5-7-15/h3-12H,20H2,1-2H3. The lowest BCUT2D eigenvalue weighted by molar-refractivity contribution is 0.415. The number of nitrogen functional groups attached to an aromatic ring is 1. The first-order valence-corrected chi connectivity index (χ1v) is 7.16. The predicted octanol–water partition coefficient (Wildman–Crippen LogP) is 4.31. The molecule has 2 N–H and O–H groups in total. The van der Waals surface area contributed by atoms with E-state index in [1.807, 2.05) is 55.5 Å². The Labute approximate surface area is 130 Å². The summed E-state index contributed by atoms with van der Waals surface area (Å²) in [7, 11) is 1.66. The fourth-order valence-corrected chi connectivity index (χ4v) is 2.45. The molecule has 0 aliphatic heterocycles. The summed E-state index contributed by atoms with van der Waals surface area (Å²) in [6, 6.07) is 20.1. The van der Waals surface area contributed by atoms with Crippen molar-refractivity contribution < 1.29 is 4.74 Å². The highest BCUT2D eigenvalue weighted by atomic mass is 16.5. The maximum Gasteiger partial charge on any atom is 0.118 e. The quantitative estimate of drug-likeness (QED) is 0.781. The lowest BCUT2D eigenvalue weighted by atomic mass is 10.0. The van der Waals surface area contributed by atoms with Crippen molar-refractivity contribution >= 4 is 5.69 Å². The number of benzene rings is 2. The number of aryl methyl sites for hydroxylation is 1. The van der Waals surface area contributed by atoms with Crippen LogP contribution in [0.5, 0.6) is 5.75 Å². The first kappa shape index (κ1) is 14.1. The smallest absolute Gasteiger partial charge is 0.118 e. The molecule has 1 heterocycles. The van der Waals surface area contributed by atoms with E-state index in [0.717, 1.165) is 33.8 Å². The van der Waals surface area contributed by atoms with Gasteiger partial charge in [-0.15, -0.1) is 0 Å². The van der Waals surface area contributed by atoms with Gasteiger partial charge in [0.05, 0.1) is 24.2 Å². The van der Waals surface area contributed by atoms with Crippen LogP contribution in [0.4, 0.5) is 5.69 Å². The maximum atomic E-state index is 6.24. The molecule has 1 aromatic heterocycles. The monoisotopic (exact) mass is 290 g/mol. The molecule has 0 spiro atoms. The molecule has 0 radical (unpaired) electrons. The van der Waals surface area contributed by atoms with Crippen LogP contribution in [0.3, 0.4) is 0 Å². The van der Waals surface area contributed by atoms with Crippen molar-refractivity contribution in [1.82, 2.24) is 4.98 Å². The molecule has 0 aliphatic carbocycles. The van der Waals surface area contributed by atoms with Crippen LogP contribution in [0.15, 0.2) is 60.7 Å². The van der Waals surface area contributed by atoms with Gasteiger partial charge in [0.15, 0.2) is 0 Å². The zero-order valence-electron chi connectivity index (χ0n) is 12.7. The van der Waals surface area contributed by atoms with E-state index in [0.29, 0.717) is 5.69 Å². The van der Waals surface area contributed by atoms with Gasteiger partial charge in [-0.25, -0.2) is 0 Å². The van der Waals surface area contributed by atoms with Gasteiger partial charge in [-0.3, -0.25) is 4.98 Å². The number of hydrogen-bond donors (Lipinski definition) is 1. The minimum atomic E-state index is 0.713. The van der Waals surface area contributed by atoms with Gasteiger partial charge in [0.1, 0.15) is 5.75 Å². The van der Waals surface area contributed by atoms with E-state index in [9.17, 15) is 0 Å². The zero-order chi connectivity index (χ0) is 15.5. The second-order valence-electron chi connectivity index (χ2n) is 5.15. The molecule has 0 fully saturated rings. The maximum absolute atomic E-state index is 6.24. The fraction of sp³-hybridized carbons (Fsp3) is 0.105. The van der Waals surface area contributed by atoms with Gasteiger partial charge >= 0.3 is 0 Å². The summed E-state index contributed by atoms with van der Waals surface area (Å²) in [6.45, 7) is 1.94. The Morgan fingerprint density at radius 2 is 1.59 bits per heavy atom. The van der Waals surface area contributed by atoms with Crippen LogP contribution in [0.25, 0.3) is 22.4 Å². The first-order valence-electron chi connectivity index (χ1n) is 7.16. The van der Waals surface area contributed by atoms with Crippen LogP contribution in [0.2, 0.25) is 0 Å². The molecule has 3 nitrogen and oxygen atoms in total. The number of rotatable bonds is 3. The molecular formula is C19H18N2O. The van der Waals surface area contributed by atoms with Gasteiger partial charge in [0.25, 0.3) is 0 Å². The van der Waals surface area contributed by atoms with E-state index in [-0.39, 0.29) is 0 Å². The Kier molecular flexibility index (Phi) is 3.79. The topological polar surface area (TPSA) is 48.1 Å². The number of methoxy groups -OCH3 is 1. The average Bonchev–Trinajstić information content (AvgIpc) is 2.58. The third kappa shape index (κ3) is 2.66. The summed E-state index contributed by atoms with van der Waals surface area (Å²) in [5, 5.41) is 0. The van der Waals surface area contributed by atoms with E-state index in [1.165, 1.54) is 0 Å². The molecule has 0 atom stereocenters. The second kappa shape index (κ2) is 5.90. The van der Waals surface area contributed by atoms with Gasteiger partial charge in [0.2, 0.25) is 0 Å². The van der Waals surface area contributed by atoms with Crippen LogP contribution in [-0.2, 0) is 0 Å². The molecule has 0 amide bonds. The molecule has 0 unspecified atom stereocenters. The third-order valence-corrected chi connectivity index (χ3v) is 3.72. The summed E-state index contributed by atoms with van der Waals surface area (Å²) < 4.78 is 5.21. The van der Waals surface area contributed by atoms with E-state index in [2.05, 4.69) is 17.1 Å². The van der Waals surface area contributed by atoms with Gasteiger partial charge in [0, 0.05) is 11.1 Å².